The topological polar surface area (TPSA) is 103 Å². The summed E-state index contributed by atoms with van der Waals surface area (Å²) in [4.78, 5) is 36.2. The lowest BCUT2D eigenvalue weighted by Gasteiger charge is -2.18. The molecule has 0 bridgehead atoms. The van der Waals surface area contributed by atoms with Crippen molar-refractivity contribution in [3.8, 4) is 0 Å². The van der Waals surface area contributed by atoms with Gasteiger partial charge in [-0.2, -0.15) is 0 Å². The molecule has 3 rings (SSSR count). The van der Waals surface area contributed by atoms with Crippen LogP contribution in [-0.2, 0) is 9.53 Å². The van der Waals surface area contributed by atoms with Gasteiger partial charge in [0, 0.05) is 28.0 Å². The van der Waals surface area contributed by atoms with E-state index in [1.165, 1.54) is 0 Å². The molecule has 0 aliphatic heterocycles. The van der Waals surface area contributed by atoms with Crippen LogP contribution < -0.4 is 11.1 Å². The fourth-order valence-corrected chi connectivity index (χ4v) is 3.84. The summed E-state index contributed by atoms with van der Waals surface area (Å²) in [6.45, 7) is 3.52. The molecule has 0 unspecified atom stereocenters. The van der Waals surface area contributed by atoms with Crippen LogP contribution >= 0.6 is 11.6 Å². The van der Waals surface area contributed by atoms with E-state index in [1.54, 1.807) is 24.3 Å². The Kier molecular flexibility index (Phi) is 6.27. The molecule has 1 heterocycles. The number of carbonyl (C=O) groups excluding carboxylic acids is 3. The fourth-order valence-electron chi connectivity index (χ4n) is 3.57. The van der Waals surface area contributed by atoms with E-state index in [1.807, 2.05) is 19.9 Å². The molecule has 1 saturated carbocycles. The van der Waals surface area contributed by atoms with Crippen LogP contribution in [0.15, 0.2) is 30.3 Å². The summed E-state index contributed by atoms with van der Waals surface area (Å²) in [5.41, 5.74) is 8.26. The number of aromatic nitrogens is 1. The van der Waals surface area contributed by atoms with Gasteiger partial charge in [-0.15, -0.1) is 0 Å². The zero-order chi connectivity index (χ0) is 21.1. The van der Waals surface area contributed by atoms with E-state index in [-0.39, 0.29) is 18.8 Å². The Labute approximate surface area is 174 Å². The molecule has 8 heteroatoms. The Morgan fingerprint density at radius 2 is 1.97 bits per heavy atom. The van der Waals surface area contributed by atoms with Gasteiger partial charge in [-0.25, -0.2) is 4.79 Å². The van der Waals surface area contributed by atoms with Crippen molar-refractivity contribution < 1.29 is 19.1 Å². The maximum atomic E-state index is 12.6. The molecule has 1 aromatic carbocycles. The summed E-state index contributed by atoms with van der Waals surface area (Å²) >= 11 is 6.16. The van der Waals surface area contributed by atoms with Gasteiger partial charge < -0.3 is 20.4 Å². The van der Waals surface area contributed by atoms with Crippen molar-refractivity contribution in [1.29, 1.82) is 0 Å². The highest BCUT2D eigenvalue weighted by atomic mass is 35.5. The van der Waals surface area contributed by atoms with Gasteiger partial charge in [-0.05, 0) is 44.4 Å². The Morgan fingerprint density at radius 3 is 2.59 bits per heavy atom. The van der Waals surface area contributed by atoms with Crippen molar-refractivity contribution in [2.24, 2.45) is 5.73 Å². The number of esters is 1. The number of rotatable bonds is 8. The smallest absolute Gasteiger partial charge is 0.312 e. The predicted octanol–water partition coefficient (Wildman–Crippen LogP) is 3.62. The van der Waals surface area contributed by atoms with E-state index in [0.717, 1.165) is 24.2 Å². The molecule has 7 nitrogen and oxygen atoms in total. The second kappa shape index (κ2) is 8.69. The lowest BCUT2D eigenvalue weighted by Crippen LogP contribution is -2.35. The second-order valence-electron chi connectivity index (χ2n) is 7.26. The molecular formula is C21H24ClN3O4. The Morgan fingerprint density at radius 1 is 1.28 bits per heavy atom. The number of nitrogens with two attached hydrogens (primary N) is 1. The van der Waals surface area contributed by atoms with Gasteiger partial charge in [0.05, 0.1) is 12.5 Å². The Bertz CT molecular complexity index is 949. The number of hydrogen-bond donors (Lipinski definition) is 2. The highest BCUT2D eigenvalue weighted by Gasteiger charge is 2.28. The molecule has 2 amide bonds. The fraction of sp³-hybridized carbons (Fsp3) is 0.381. The molecule has 1 aromatic heterocycles. The summed E-state index contributed by atoms with van der Waals surface area (Å²) < 4.78 is 7.34. The van der Waals surface area contributed by atoms with Crippen LogP contribution in [0.4, 0.5) is 4.79 Å². The number of ether oxygens (including phenoxy) is 1. The van der Waals surface area contributed by atoms with E-state index in [9.17, 15) is 14.4 Å². The molecule has 1 fully saturated rings. The Balaban J connectivity index is 1.63. The number of primary amides is 1. The number of benzene rings is 1. The van der Waals surface area contributed by atoms with Crippen LogP contribution in [0.5, 0.6) is 0 Å². The minimum absolute atomic E-state index is 0.193. The van der Waals surface area contributed by atoms with Gasteiger partial charge in [0.25, 0.3) is 0 Å². The van der Waals surface area contributed by atoms with Gasteiger partial charge in [0.1, 0.15) is 0 Å². The van der Waals surface area contributed by atoms with Crippen LogP contribution in [0.25, 0.3) is 0 Å². The largest absolute Gasteiger partial charge is 0.457 e. The van der Waals surface area contributed by atoms with Gasteiger partial charge in [0.15, 0.2) is 6.61 Å². The lowest BCUT2D eigenvalue weighted by atomic mass is 10.0. The van der Waals surface area contributed by atoms with Crippen LogP contribution in [0.1, 0.15) is 58.7 Å². The lowest BCUT2D eigenvalue weighted by molar-refractivity contribution is -0.143. The third-order valence-corrected chi connectivity index (χ3v) is 5.37. The standard InChI is InChI=1S/C21H24ClN3O4/c1-12-9-16(13(2)25(12)14-7-8-14)19(26)11-29-20(27)10-18(24-21(23)28)15-5-3-4-6-17(15)22/h3-6,9,14,18H,7-8,10-11H2,1-2H3,(H3,23,24,28)/t18-/m0/s1. The van der Waals surface area contributed by atoms with E-state index in [2.05, 4.69) is 9.88 Å². The van der Waals surface area contributed by atoms with Crippen molar-refractivity contribution in [3.63, 3.8) is 0 Å². The number of ketones is 1. The van der Waals surface area contributed by atoms with Crippen molar-refractivity contribution >= 4 is 29.4 Å². The molecule has 1 aliphatic rings. The van der Waals surface area contributed by atoms with Gasteiger partial charge >= 0.3 is 12.0 Å². The molecule has 29 heavy (non-hydrogen) atoms. The number of Topliss-reactive ketones (excluding diaryl/α,β-unsaturated/α-hetero) is 1. The monoisotopic (exact) mass is 417 g/mol. The zero-order valence-corrected chi connectivity index (χ0v) is 17.2. The highest BCUT2D eigenvalue weighted by Crippen LogP contribution is 2.38. The summed E-state index contributed by atoms with van der Waals surface area (Å²) in [7, 11) is 0. The number of amides is 2. The first-order chi connectivity index (χ1) is 13.8. The molecule has 1 atom stereocenters. The average molecular weight is 418 g/mol. The summed E-state index contributed by atoms with van der Waals surface area (Å²) in [6, 6.07) is 7.59. The number of carbonyl (C=O) groups is 3. The SMILES string of the molecule is Cc1cc(C(=O)COC(=O)C[C@H](NC(N)=O)c2ccccc2Cl)c(C)n1C1CC1. The normalized spacial score (nSPS) is 14.3. The average Bonchev–Trinajstić information content (AvgIpc) is 3.44. The summed E-state index contributed by atoms with van der Waals surface area (Å²) in [5.74, 6) is -0.886. The van der Waals surface area contributed by atoms with Crippen molar-refractivity contribution in [2.75, 3.05) is 6.61 Å². The maximum absolute atomic E-state index is 12.6. The third-order valence-electron chi connectivity index (χ3n) is 5.03. The van der Waals surface area contributed by atoms with Crippen LogP contribution in [-0.4, -0.2) is 29.0 Å². The number of halogens is 1. The highest BCUT2D eigenvalue weighted by molar-refractivity contribution is 6.31. The first-order valence-electron chi connectivity index (χ1n) is 9.45. The molecule has 0 radical (unpaired) electrons. The summed E-state index contributed by atoms with van der Waals surface area (Å²) in [6.07, 6.45) is 2.05. The third kappa shape index (κ3) is 4.98. The van der Waals surface area contributed by atoms with Gasteiger partial charge in [-0.1, -0.05) is 29.8 Å². The number of nitrogens with zero attached hydrogens (tertiary/aromatic N) is 1. The molecule has 2 aromatic rings. The number of urea groups is 1. The van der Waals surface area contributed by atoms with E-state index in [4.69, 9.17) is 22.1 Å². The first kappa shape index (κ1) is 20.9. The molecule has 0 saturated heterocycles. The quantitative estimate of drug-likeness (QED) is 0.505. The number of hydrogen-bond acceptors (Lipinski definition) is 4. The van der Waals surface area contributed by atoms with Crippen molar-refractivity contribution in [3.05, 3.63) is 57.9 Å². The molecule has 1 aliphatic carbocycles. The summed E-state index contributed by atoms with van der Waals surface area (Å²) in [5, 5.41) is 2.88. The zero-order valence-electron chi connectivity index (χ0n) is 16.4. The van der Waals surface area contributed by atoms with E-state index in [0.29, 0.717) is 22.2 Å². The minimum atomic E-state index is -0.786. The molecule has 0 spiro atoms. The molecule has 3 N–H and O–H groups in total. The van der Waals surface area contributed by atoms with Crippen molar-refractivity contribution in [2.45, 2.75) is 45.2 Å². The first-order valence-corrected chi connectivity index (χ1v) is 9.83. The van der Waals surface area contributed by atoms with Crippen LogP contribution in [0, 0.1) is 13.8 Å². The van der Waals surface area contributed by atoms with E-state index >= 15 is 0 Å². The van der Waals surface area contributed by atoms with Crippen LogP contribution in [0.2, 0.25) is 5.02 Å². The van der Waals surface area contributed by atoms with Gasteiger partial charge in [-0.3, -0.25) is 9.59 Å². The predicted molar refractivity (Wildman–Crippen MR) is 109 cm³/mol. The van der Waals surface area contributed by atoms with Gasteiger partial charge in [0.2, 0.25) is 5.78 Å². The number of nitrogens with one attached hydrogen (secondary N) is 1. The second-order valence-corrected chi connectivity index (χ2v) is 7.66. The molecule has 154 valence electrons. The Hall–Kier alpha value is -2.80. The van der Waals surface area contributed by atoms with Crippen molar-refractivity contribution in [1.82, 2.24) is 9.88 Å². The maximum Gasteiger partial charge on any atom is 0.312 e. The van der Waals surface area contributed by atoms with Crippen LogP contribution in [0.3, 0.4) is 0 Å². The number of aryl methyl sites for hydroxylation is 1. The molecular weight excluding hydrogens is 394 g/mol. The van der Waals surface area contributed by atoms with E-state index < -0.39 is 18.0 Å². The minimum Gasteiger partial charge on any atom is -0.457 e.